The molecule has 0 bridgehead atoms. The molecule has 0 spiro atoms. The molecule has 0 fully saturated rings. The molecular formula is C20H12F3NO4S. The number of amides is 1. The molecule has 1 aromatic heterocycles. The topological polar surface area (TPSA) is 64.6 Å². The molecule has 0 aliphatic carbocycles. The Balaban J connectivity index is 1.67. The highest BCUT2D eigenvalue weighted by atomic mass is 32.1. The van der Waals surface area contributed by atoms with Gasteiger partial charge in [0.15, 0.2) is 11.5 Å². The molecule has 9 heteroatoms. The Kier molecular flexibility index (Phi) is 4.54. The molecule has 2 aromatic carbocycles. The molecule has 1 amide bonds. The fourth-order valence-corrected chi connectivity index (χ4v) is 3.77. The third kappa shape index (κ3) is 3.95. The second-order valence-electron chi connectivity index (χ2n) is 6.23. The maximum absolute atomic E-state index is 12.7. The third-order valence-corrected chi connectivity index (χ3v) is 5.15. The maximum atomic E-state index is 12.7. The summed E-state index contributed by atoms with van der Waals surface area (Å²) in [4.78, 5) is 25.0. The monoisotopic (exact) mass is 419 g/mol. The van der Waals surface area contributed by atoms with Crippen molar-refractivity contribution in [2.24, 2.45) is 0 Å². The van der Waals surface area contributed by atoms with Crippen LogP contribution in [0.15, 0.2) is 47.8 Å². The first-order valence-corrected chi connectivity index (χ1v) is 9.20. The summed E-state index contributed by atoms with van der Waals surface area (Å²) >= 11 is 1.37. The Morgan fingerprint density at radius 1 is 1.10 bits per heavy atom. The van der Waals surface area contributed by atoms with E-state index >= 15 is 0 Å². The number of ketones is 1. The molecule has 1 aliphatic rings. The van der Waals surface area contributed by atoms with Crippen molar-refractivity contribution in [2.45, 2.75) is 13.3 Å². The summed E-state index contributed by atoms with van der Waals surface area (Å²) in [6.45, 7) is 1.47. The number of rotatable bonds is 3. The van der Waals surface area contributed by atoms with E-state index in [-0.39, 0.29) is 28.5 Å². The summed E-state index contributed by atoms with van der Waals surface area (Å²) in [6.07, 6.45) is -4.85. The van der Waals surface area contributed by atoms with Crippen LogP contribution in [0.5, 0.6) is 17.2 Å². The minimum Gasteiger partial charge on any atom is -0.454 e. The van der Waals surface area contributed by atoms with Crippen molar-refractivity contribution in [3.63, 3.8) is 0 Å². The highest BCUT2D eigenvalue weighted by Gasteiger charge is 2.32. The Bertz CT molecular complexity index is 1140. The van der Waals surface area contributed by atoms with Crippen molar-refractivity contribution in [3.05, 3.63) is 59.0 Å². The van der Waals surface area contributed by atoms with Crippen LogP contribution in [0.3, 0.4) is 0 Å². The molecule has 3 aromatic rings. The molecule has 0 radical (unpaired) electrons. The lowest BCUT2D eigenvalue weighted by atomic mass is 10.1. The average Bonchev–Trinajstić information content (AvgIpc) is 3.08. The van der Waals surface area contributed by atoms with Crippen LogP contribution in [0.2, 0.25) is 0 Å². The van der Waals surface area contributed by atoms with Crippen LogP contribution in [0.4, 0.5) is 18.9 Å². The Hall–Kier alpha value is -3.33. The lowest BCUT2D eigenvalue weighted by Gasteiger charge is -2.12. The molecule has 5 nitrogen and oxygen atoms in total. The average molecular weight is 419 g/mol. The predicted molar refractivity (Wildman–Crippen MR) is 101 cm³/mol. The van der Waals surface area contributed by atoms with E-state index in [0.29, 0.717) is 11.1 Å². The first-order chi connectivity index (χ1) is 13.7. The van der Waals surface area contributed by atoms with Crippen LogP contribution in [0, 0.1) is 0 Å². The van der Waals surface area contributed by atoms with E-state index in [9.17, 15) is 22.8 Å². The zero-order chi connectivity index (χ0) is 20.8. The number of anilines is 1. The number of alkyl halides is 3. The lowest BCUT2D eigenvalue weighted by Crippen LogP contribution is -2.17. The zero-order valence-electron chi connectivity index (χ0n) is 14.8. The van der Waals surface area contributed by atoms with E-state index in [1.807, 2.05) is 0 Å². The van der Waals surface area contributed by atoms with E-state index in [1.54, 1.807) is 29.6 Å². The zero-order valence-corrected chi connectivity index (χ0v) is 15.6. The number of hydrogen-bond donors (Lipinski definition) is 1. The second kappa shape index (κ2) is 6.93. The number of halogens is 3. The highest BCUT2D eigenvalue weighted by Crippen LogP contribution is 2.40. The number of nitrogens with one attached hydrogen (secondary N) is 1. The van der Waals surface area contributed by atoms with Gasteiger partial charge >= 0.3 is 6.36 Å². The Labute approximate surface area is 166 Å². The normalized spacial score (nSPS) is 12.9. The van der Waals surface area contributed by atoms with Crippen LogP contribution in [0.25, 0.3) is 10.4 Å². The van der Waals surface area contributed by atoms with Gasteiger partial charge in [0.25, 0.3) is 5.91 Å². The number of benzene rings is 2. The van der Waals surface area contributed by atoms with Gasteiger partial charge in [0.05, 0.1) is 11.3 Å². The number of ether oxygens (including phenoxy) is 2. The standard InChI is InChI=1S/C20H12F3NO4S/c1-10(25)12-7-18(29-9-12)11-2-4-16-14(6-11)19(26)24-15-8-13(28-20(21,22)23)3-5-17(15)27-16/h2-9H,1H3,(H,24,26). The van der Waals surface area contributed by atoms with Crippen LogP contribution in [-0.4, -0.2) is 18.1 Å². The van der Waals surface area contributed by atoms with E-state index in [1.165, 1.54) is 24.3 Å². The first kappa shape index (κ1) is 19.0. The number of hydrogen-bond acceptors (Lipinski definition) is 5. The molecule has 4 rings (SSSR count). The summed E-state index contributed by atoms with van der Waals surface area (Å²) < 4.78 is 46.9. The minimum atomic E-state index is -4.85. The predicted octanol–water partition coefficient (Wildman–Crippen LogP) is 5.87. The second-order valence-corrected chi connectivity index (χ2v) is 7.14. The van der Waals surface area contributed by atoms with E-state index < -0.39 is 18.0 Å². The van der Waals surface area contributed by atoms with Gasteiger partial charge in [0.1, 0.15) is 11.5 Å². The fourth-order valence-electron chi connectivity index (χ4n) is 2.82. The molecule has 0 unspecified atom stereocenters. The highest BCUT2D eigenvalue weighted by molar-refractivity contribution is 7.13. The van der Waals surface area contributed by atoms with Gasteiger partial charge in [0, 0.05) is 21.9 Å². The largest absolute Gasteiger partial charge is 0.573 e. The molecular weight excluding hydrogens is 407 g/mol. The van der Waals surface area contributed by atoms with Crippen molar-refractivity contribution >= 4 is 28.7 Å². The minimum absolute atomic E-state index is 0.0596. The van der Waals surface area contributed by atoms with E-state index in [0.717, 1.165) is 17.0 Å². The fraction of sp³-hybridized carbons (Fsp3) is 0.100. The van der Waals surface area contributed by atoms with Crippen molar-refractivity contribution in [2.75, 3.05) is 5.32 Å². The maximum Gasteiger partial charge on any atom is 0.573 e. The molecule has 29 heavy (non-hydrogen) atoms. The molecule has 1 N–H and O–H groups in total. The van der Waals surface area contributed by atoms with Gasteiger partial charge in [-0.15, -0.1) is 24.5 Å². The van der Waals surface area contributed by atoms with Crippen molar-refractivity contribution in [3.8, 4) is 27.7 Å². The molecule has 2 heterocycles. The number of carbonyl (C=O) groups excluding carboxylic acids is 2. The van der Waals surface area contributed by atoms with Crippen molar-refractivity contribution in [1.29, 1.82) is 0 Å². The quantitative estimate of drug-likeness (QED) is 0.539. The van der Waals surface area contributed by atoms with Gasteiger partial charge in [-0.2, -0.15) is 0 Å². The Morgan fingerprint density at radius 2 is 1.86 bits per heavy atom. The number of Topliss-reactive ketones (excluding diaryl/α,β-unsaturated/α-hetero) is 1. The summed E-state index contributed by atoms with van der Waals surface area (Å²) in [5.41, 5.74) is 1.57. The summed E-state index contributed by atoms with van der Waals surface area (Å²) in [5.74, 6) is -0.613. The van der Waals surface area contributed by atoms with Gasteiger partial charge in [-0.25, -0.2) is 0 Å². The SMILES string of the molecule is CC(=O)c1csc(-c2ccc3c(c2)C(=O)Nc2cc(OC(F)(F)F)ccc2O3)c1. The number of thiophene rings is 1. The third-order valence-electron chi connectivity index (χ3n) is 4.17. The Morgan fingerprint density at radius 3 is 2.55 bits per heavy atom. The molecule has 0 atom stereocenters. The summed E-state index contributed by atoms with van der Waals surface area (Å²) in [6, 6.07) is 10.1. The first-order valence-electron chi connectivity index (χ1n) is 8.32. The molecule has 1 aliphatic heterocycles. The molecule has 148 valence electrons. The van der Waals surface area contributed by atoms with Gasteiger partial charge in [-0.1, -0.05) is 0 Å². The summed E-state index contributed by atoms with van der Waals surface area (Å²) in [5, 5.41) is 4.28. The summed E-state index contributed by atoms with van der Waals surface area (Å²) in [7, 11) is 0. The number of fused-ring (bicyclic) bond motifs is 2. The molecule has 0 saturated heterocycles. The smallest absolute Gasteiger partial charge is 0.454 e. The van der Waals surface area contributed by atoms with Crippen LogP contribution >= 0.6 is 11.3 Å². The van der Waals surface area contributed by atoms with Crippen molar-refractivity contribution < 1.29 is 32.2 Å². The van der Waals surface area contributed by atoms with Gasteiger partial charge in [-0.3, -0.25) is 9.59 Å². The van der Waals surface area contributed by atoms with E-state index in [2.05, 4.69) is 10.1 Å². The van der Waals surface area contributed by atoms with Crippen LogP contribution < -0.4 is 14.8 Å². The lowest BCUT2D eigenvalue weighted by molar-refractivity contribution is -0.274. The van der Waals surface area contributed by atoms with Gasteiger partial charge in [-0.05, 0) is 48.9 Å². The van der Waals surface area contributed by atoms with E-state index in [4.69, 9.17) is 4.74 Å². The number of carbonyl (C=O) groups is 2. The van der Waals surface area contributed by atoms with Crippen LogP contribution in [-0.2, 0) is 0 Å². The van der Waals surface area contributed by atoms with Crippen molar-refractivity contribution in [1.82, 2.24) is 0 Å². The van der Waals surface area contributed by atoms with Crippen LogP contribution in [0.1, 0.15) is 27.6 Å². The molecule has 0 saturated carbocycles. The van der Waals surface area contributed by atoms with Gasteiger partial charge < -0.3 is 14.8 Å². The van der Waals surface area contributed by atoms with Gasteiger partial charge in [0.2, 0.25) is 0 Å².